The number of benzene rings is 1. The van der Waals surface area contributed by atoms with Crippen LogP contribution in [0, 0.1) is 22.7 Å². The van der Waals surface area contributed by atoms with E-state index >= 15 is 0 Å². The first-order chi connectivity index (χ1) is 15.3. The molecule has 2 fully saturated rings. The molecule has 1 saturated heterocycles. The number of amides is 2. The molecule has 1 heterocycles. The van der Waals surface area contributed by atoms with Crippen molar-refractivity contribution in [3.63, 3.8) is 0 Å². The Balaban J connectivity index is 1.64. The molecule has 2 N–H and O–H groups in total. The van der Waals surface area contributed by atoms with Crippen LogP contribution in [-0.4, -0.2) is 59.1 Å². The average molecular weight is 458 g/mol. The predicted molar refractivity (Wildman–Crippen MR) is 132 cm³/mol. The Morgan fingerprint density at radius 1 is 1.12 bits per heavy atom. The van der Waals surface area contributed by atoms with E-state index in [0.29, 0.717) is 18.3 Å². The molecule has 1 aliphatic carbocycles. The first kappa shape index (κ1) is 25.5. The molecule has 6 nitrogen and oxygen atoms in total. The summed E-state index contributed by atoms with van der Waals surface area (Å²) < 4.78 is 0. The number of carboxylic acid groups (broad SMARTS) is 1. The van der Waals surface area contributed by atoms with Crippen LogP contribution in [-0.2, 0) is 11.3 Å². The Morgan fingerprint density at radius 3 is 2.39 bits per heavy atom. The molecular weight excluding hydrogens is 414 g/mol. The van der Waals surface area contributed by atoms with Crippen molar-refractivity contribution >= 4 is 12.0 Å². The number of nitrogens with zero attached hydrogens (tertiary/aromatic N) is 2. The van der Waals surface area contributed by atoms with Crippen molar-refractivity contribution in [3.8, 4) is 0 Å². The summed E-state index contributed by atoms with van der Waals surface area (Å²) in [5, 5.41) is 12.9. The van der Waals surface area contributed by atoms with Gasteiger partial charge in [-0.2, -0.15) is 0 Å². The number of hydrogen-bond donors (Lipinski definition) is 2. The van der Waals surface area contributed by atoms with E-state index in [1.165, 1.54) is 17.5 Å². The molecule has 0 aromatic heterocycles. The molecule has 6 heteroatoms. The maximum atomic E-state index is 13.4. The molecule has 4 atom stereocenters. The highest BCUT2D eigenvalue weighted by Crippen LogP contribution is 2.40. The third-order valence-corrected chi connectivity index (χ3v) is 7.34. The van der Waals surface area contributed by atoms with Crippen molar-refractivity contribution in [2.75, 3.05) is 20.1 Å². The minimum atomic E-state index is -1.05. The summed E-state index contributed by atoms with van der Waals surface area (Å²) in [5.74, 6) is 0.900. The minimum Gasteiger partial charge on any atom is -0.465 e. The van der Waals surface area contributed by atoms with Crippen molar-refractivity contribution in [1.82, 2.24) is 15.1 Å². The first-order valence-corrected chi connectivity index (χ1v) is 12.4. The second-order valence-corrected chi connectivity index (χ2v) is 12.3. The first-order valence-electron chi connectivity index (χ1n) is 12.4. The van der Waals surface area contributed by atoms with Gasteiger partial charge in [-0.1, -0.05) is 65.0 Å². The largest absolute Gasteiger partial charge is 0.465 e. The van der Waals surface area contributed by atoms with E-state index in [0.717, 1.165) is 38.9 Å². The molecule has 1 aliphatic heterocycles. The van der Waals surface area contributed by atoms with Gasteiger partial charge in [0.25, 0.3) is 0 Å². The van der Waals surface area contributed by atoms with Gasteiger partial charge in [-0.25, -0.2) is 4.79 Å². The smallest absolute Gasteiger partial charge is 0.407 e. The summed E-state index contributed by atoms with van der Waals surface area (Å²) in [5.41, 5.74) is 1.28. The quantitative estimate of drug-likeness (QED) is 0.586. The van der Waals surface area contributed by atoms with E-state index in [4.69, 9.17) is 0 Å². The number of carbonyl (C=O) groups is 2. The molecule has 0 bridgehead atoms. The van der Waals surface area contributed by atoms with Crippen LogP contribution in [0.15, 0.2) is 30.3 Å². The summed E-state index contributed by atoms with van der Waals surface area (Å²) in [4.78, 5) is 28.9. The highest BCUT2D eigenvalue weighted by atomic mass is 16.4. The van der Waals surface area contributed by atoms with Crippen LogP contribution >= 0.6 is 0 Å². The molecule has 0 spiro atoms. The van der Waals surface area contributed by atoms with Crippen molar-refractivity contribution in [2.24, 2.45) is 22.7 Å². The molecule has 33 heavy (non-hydrogen) atoms. The van der Waals surface area contributed by atoms with Crippen LogP contribution < -0.4 is 5.32 Å². The summed E-state index contributed by atoms with van der Waals surface area (Å²) in [6.07, 6.45) is 2.48. The highest BCUT2D eigenvalue weighted by molar-refractivity contribution is 5.85. The minimum absolute atomic E-state index is 0.108. The van der Waals surface area contributed by atoms with Crippen LogP contribution in [0.25, 0.3) is 0 Å². The molecule has 1 aromatic rings. The summed E-state index contributed by atoms with van der Waals surface area (Å²) in [7, 11) is 1.52. The number of fused-ring (bicyclic) bond motifs is 1. The Labute approximate surface area is 199 Å². The fraction of sp³-hybridized carbons (Fsp3) is 0.704. The van der Waals surface area contributed by atoms with E-state index < -0.39 is 12.1 Å². The van der Waals surface area contributed by atoms with Crippen molar-refractivity contribution in [3.05, 3.63) is 35.9 Å². The lowest BCUT2D eigenvalue weighted by molar-refractivity contribution is -0.127. The third-order valence-electron chi connectivity index (χ3n) is 7.34. The zero-order valence-electron chi connectivity index (χ0n) is 21.3. The number of nitrogens with one attached hydrogen (secondary N) is 1. The molecule has 2 amide bonds. The normalized spacial score (nSPS) is 24.4. The fourth-order valence-corrected chi connectivity index (χ4v) is 6.36. The summed E-state index contributed by atoms with van der Waals surface area (Å²) in [6, 6.07) is 9.98. The number of rotatable bonds is 8. The number of hydrogen-bond acceptors (Lipinski definition) is 3. The van der Waals surface area contributed by atoms with Gasteiger partial charge in [0.2, 0.25) is 5.91 Å². The van der Waals surface area contributed by atoms with Crippen LogP contribution in [0.2, 0.25) is 0 Å². The lowest BCUT2D eigenvalue weighted by Gasteiger charge is -2.37. The van der Waals surface area contributed by atoms with Gasteiger partial charge in [0.15, 0.2) is 0 Å². The molecule has 0 unspecified atom stereocenters. The summed E-state index contributed by atoms with van der Waals surface area (Å²) >= 11 is 0. The van der Waals surface area contributed by atoms with Gasteiger partial charge in [0, 0.05) is 32.7 Å². The van der Waals surface area contributed by atoms with E-state index in [1.807, 2.05) is 6.07 Å². The molecule has 3 rings (SSSR count). The predicted octanol–water partition coefficient (Wildman–Crippen LogP) is 4.84. The SMILES string of the molecule is CN(C(=O)O)[C@@H](CC(C)(C)CC(C)(C)C)C(=O)N[C@H]1CC[C@@H]2CN(Cc3ccccc3)C[C@@H]21. The van der Waals surface area contributed by atoms with E-state index in [9.17, 15) is 14.7 Å². The standard InChI is InChI=1S/C27H43N3O3/c1-26(2,3)18-27(4,5)14-23(29(6)25(32)33)24(31)28-22-13-12-20-16-30(17-21(20)22)15-19-10-8-7-9-11-19/h7-11,20-23H,12-18H2,1-6H3,(H,28,31)(H,32,33)/t20-,21+,22+,23+/m1/s1. The second-order valence-electron chi connectivity index (χ2n) is 12.3. The Morgan fingerprint density at radius 2 is 1.79 bits per heavy atom. The molecule has 1 aromatic carbocycles. The summed E-state index contributed by atoms with van der Waals surface area (Å²) in [6.45, 7) is 13.8. The van der Waals surface area contributed by atoms with E-state index in [1.54, 1.807) is 0 Å². The van der Waals surface area contributed by atoms with Crippen molar-refractivity contribution < 1.29 is 14.7 Å². The number of likely N-dealkylation sites (N-methyl/N-ethyl adjacent to an activating group) is 1. The van der Waals surface area contributed by atoms with Gasteiger partial charge in [0.1, 0.15) is 6.04 Å². The van der Waals surface area contributed by atoms with Gasteiger partial charge >= 0.3 is 6.09 Å². The lowest BCUT2D eigenvalue weighted by atomic mass is 9.72. The molecule has 184 valence electrons. The molecule has 1 saturated carbocycles. The van der Waals surface area contributed by atoms with Crippen molar-refractivity contribution in [2.45, 2.75) is 78.9 Å². The third kappa shape index (κ3) is 6.95. The lowest BCUT2D eigenvalue weighted by Crippen LogP contribution is -2.52. The Hall–Kier alpha value is -2.08. The number of carbonyl (C=O) groups excluding carboxylic acids is 1. The van der Waals surface area contributed by atoms with Crippen LogP contribution in [0.4, 0.5) is 4.79 Å². The van der Waals surface area contributed by atoms with Gasteiger partial charge in [0.05, 0.1) is 0 Å². The van der Waals surface area contributed by atoms with Gasteiger partial charge in [-0.15, -0.1) is 0 Å². The monoisotopic (exact) mass is 457 g/mol. The maximum absolute atomic E-state index is 13.4. The zero-order valence-corrected chi connectivity index (χ0v) is 21.3. The fourth-order valence-electron chi connectivity index (χ4n) is 6.36. The second kappa shape index (κ2) is 10.0. The molecular formula is C27H43N3O3. The Kier molecular flexibility index (Phi) is 7.77. The van der Waals surface area contributed by atoms with Gasteiger partial charge < -0.3 is 10.4 Å². The Bertz CT molecular complexity index is 818. The molecule has 2 aliphatic rings. The van der Waals surface area contributed by atoms with E-state index in [2.05, 4.69) is 69.1 Å². The van der Waals surface area contributed by atoms with Crippen LogP contribution in [0.5, 0.6) is 0 Å². The molecule has 0 radical (unpaired) electrons. The maximum Gasteiger partial charge on any atom is 0.407 e. The van der Waals surface area contributed by atoms with Crippen molar-refractivity contribution in [1.29, 1.82) is 0 Å². The van der Waals surface area contributed by atoms with Crippen LogP contribution in [0.1, 0.15) is 65.9 Å². The zero-order chi connectivity index (χ0) is 24.4. The van der Waals surface area contributed by atoms with E-state index in [-0.39, 0.29) is 22.8 Å². The average Bonchev–Trinajstić information content (AvgIpc) is 3.25. The number of likely N-dealkylation sites (tertiary alicyclic amines) is 1. The van der Waals surface area contributed by atoms with Gasteiger partial charge in [-0.05, 0) is 53.9 Å². The van der Waals surface area contributed by atoms with Crippen LogP contribution in [0.3, 0.4) is 0 Å². The topological polar surface area (TPSA) is 72.9 Å². The van der Waals surface area contributed by atoms with Gasteiger partial charge in [-0.3, -0.25) is 14.6 Å². The highest BCUT2D eigenvalue weighted by Gasteiger charge is 2.44.